The molecule has 0 saturated heterocycles. The fraction of sp³-hybridized carbons (Fsp3) is 0.0833. The number of nitrogens with zero attached hydrogens (tertiary/aromatic N) is 1. The lowest BCUT2D eigenvalue weighted by Crippen LogP contribution is -2.05. The Hall–Kier alpha value is -2.23. The molecule has 16 heavy (non-hydrogen) atoms. The number of hydrogen-bond acceptors (Lipinski definition) is 3. The van der Waals surface area contributed by atoms with E-state index in [4.69, 9.17) is 4.74 Å². The lowest BCUT2D eigenvalue weighted by molar-refractivity contribution is -0.131. The van der Waals surface area contributed by atoms with E-state index in [0.29, 0.717) is 5.75 Å². The number of esters is 1. The van der Waals surface area contributed by atoms with Gasteiger partial charge in [-0.3, -0.25) is 14.9 Å². The maximum Gasteiger partial charge on any atom is 0.308 e. The summed E-state index contributed by atoms with van der Waals surface area (Å²) in [6, 6.07) is 11.0. The third kappa shape index (κ3) is 2.63. The van der Waals surface area contributed by atoms with Crippen LogP contribution < -0.4 is 10.2 Å². The van der Waals surface area contributed by atoms with E-state index >= 15 is 0 Å². The highest BCUT2D eigenvalue weighted by atomic mass is 16.5. The SMILES string of the molecule is CC(=O)Oc1ccc(Nn2cccc2)cc1. The number of anilines is 1. The second kappa shape index (κ2) is 4.53. The summed E-state index contributed by atoms with van der Waals surface area (Å²) < 4.78 is 6.77. The highest BCUT2D eigenvalue weighted by molar-refractivity contribution is 5.69. The molecule has 0 bridgehead atoms. The van der Waals surface area contributed by atoms with Crippen LogP contribution >= 0.6 is 0 Å². The molecule has 82 valence electrons. The summed E-state index contributed by atoms with van der Waals surface area (Å²) in [5, 5.41) is 0. The minimum absolute atomic E-state index is 0.314. The highest BCUT2D eigenvalue weighted by Gasteiger charge is 1.97. The number of carbonyl (C=O) groups excluding carboxylic acids is 1. The van der Waals surface area contributed by atoms with Gasteiger partial charge in [-0.15, -0.1) is 0 Å². The number of aromatic nitrogens is 1. The molecule has 4 heteroatoms. The Bertz CT molecular complexity index is 460. The van der Waals surface area contributed by atoms with E-state index in [1.165, 1.54) is 6.92 Å². The van der Waals surface area contributed by atoms with Crippen molar-refractivity contribution in [1.29, 1.82) is 0 Å². The maximum atomic E-state index is 10.7. The number of ether oxygens (including phenoxy) is 1. The van der Waals surface area contributed by atoms with Gasteiger partial charge in [0, 0.05) is 19.3 Å². The molecule has 0 aliphatic heterocycles. The van der Waals surface area contributed by atoms with Gasteiger partial charge >= 0.3 is 5.97 Å². The van der Waals surface area contributed by atoms with E-state index in [-0.39, 0.29) is 5.97 Å². The van der Waals surface area contributed by atoms with E-state index in [2.05, 4.69) is 5.43 Å². The quantitative estimate of drug-likeness (QED) is 0.632. The Morgan fingerprint density at radius 3 is 2.38 bits per heavy atom. The van der Waals surface area contributed by atoms with E-state index in [9.17, 15) is 4.79 Å². The van der Waals surface area contributed by atoms with E-state index in [0.717, 1.165) is 5.69 Å². The van der Waals surface area contributed by atoms with Crippen molar-refractivity contribution in [2.75, 3.05) is 5.43 Å². The molecule has 1 N–H and O–H groups in total. The van der Waals surface area contributed by atoms with Crippen LogP contribution in [-0.2, 0) is 4.79 Å². The topological polar surface area (TPSA) is 43.3 Å². The summed E-state index contributed by atoms with van der Waals surface area (Å²) in [4.78, 5) is 10.7. The molecule has 1 aromatic carbocycles. The summed E-state index contributed by atoms with van der Waals surface area (Å²) in [5.74, 6) is 0.233. The molecular weight excluding hydrogens is 204 g/mol. The van der Waals surface area contributed by atoms with Crippen molar-refractivity contribution < 1.29 is 9.53 Å². The van der Waals surface area contributed by atoms with Gasteiger partial charge in [0.25, 0.3) is 0 Å². The first-order valence-electron chi connectivity index (χ1n) is 4.92. The Labute approximate surface area is 93.4 Å². The van der Waals surface area contributed by atoms with Crippen LogP contribution in [0.15, 0.2) is 48.8 Å². The zero-order valence-electron chi connectivity index (χ0n) is 8.88. The van der Waals surface area contributed by atoms with Crippen molar-refractivity contribution in [2.45, 2.75) is 6.92 Å². The first kappa shape index (κ1) is 10.3. The van der Waals surface area contributed by atoms with Crippen LogP contribution in [0, 0.1) is 0 Å². The predicted molar refractivity (Wildman–Crippen MR) is 61.2 cm³/mol. The lowest BCUT2D eigenvalue weighted by Gasteiger charge is -2.07. The number of nitrogens with one attached hydrogen (secondary N) is 1. The van der Waals surface area contributed by atoms with Crippen molar-refractivity contribution in [3.8, 4) is 5.75 Å². The first-order chi connectivity index (χ1) is 7.74. The van der Waals surface area contributed by atoms with E-state index < -0.39 is 0 Å². The molecule has 0 spiro atoms. The third-order valence-electron chi connectivity index (χ3n) is 1.98. The summed E-state index contributed by atoms with van der Waals surface area (Å²) in [5.41, 5.74) is 4.06. The summed E-state index contributed by atoms with van der Waals surface area (Å²) >= 11 is 0. The standard InChI is InChI=1S/C12H12N2O2/c1-10(15)16-12-6-4-11(5-7-12)13-14-8-2-3-9-14/h2-9,13H,1H3. The molecular formula is C12H12N2O2. The monoisotopic (exact) mass is 216 g/mol. The minimum Gasteiger partial charge on any atom is -0.427 e. The van der Waals surface area contributed by atoms with Gasteiger partial charge in [-0.2, -0.15) is 0 Å². The van der Waals surface area contributed by atoms with Crippen molar-refractivity contribution in [3.05, 3.63) is 48.8 Å². The summed E-state index contributed by atoms with van der Waals surface area (Å²) in [7, 11) is 0. The van der Waals surface area contributed by atoms with E-state index in [1.54, 1.807) is 12.1 Å². The largest absolute Gasteiger partial charge is 0.427 e. The zero-order valence-corrected chi connectivity index (χ0v) is 8.88. The lowest BCUT2D eigenvalue weighted by atomic mass is 10.3. The average molecular weight is 216 g/mol. The molecule has 4 nitrogen and oxygen atoms in total. The van der Waals surface area contributed by atoms with Crippen molar-refractivity contribution in [3.63, 3.8) is 0 Å². The van der Waals surface area contributed by atoms with Crippen LogP contribution in [0.25, 0.3) is 0 Å². The smallest absolute Gasteiger partial charge is 0.308 e. The van der Waals surface area contributed by atoms with Crippen molar-refractivity contribution in [2.24, 2.45) is 0 Å². The normalized spacial score (nSPS) is 9.81. The number of hydrogen-bond donors (Lipinski definition) is 1. The Balaban J connectivity index is 2.05. The Morgan fingerprint density at radius 2 is 1.81 bits per heavy atom. The number of carbonyl (C=O) groups is 1. The van der Waals surface area contributed by atoms with Gasteiger partial charge in [-0.25, -0.2) is 0 Å². The molecule has 0 amide bonds. The van der Waals surface area contributed by atoms with Crippen molar-refractivity contribution in [1.82, 2.24) is 4.68 Å². The third-order valence-corrected chi connectivity index (χ3v) is 1.98. The summed E-state index contributed by atoms with van der Waals surface area (Å²) in [6.07, 6.45) is 3.81. The van der Waals surface area contributed by atoms with Gasteiger partial charge in [0.2, 0.25) is 0 Å². The van der Waals surface area contributed by atoms with Gasteiger partial charge in [0.1, 0.15) is 5.75 Å². The minimum atomic E-state index is -0.314. The molecule has 0 aliphatic rings. The van der Waals surface area contributed by atoms with E-state index in [1.807, 2.05) is 41.3 Å². The summed E-state index contributed by atoms with van der Waals surface area (Å²) in [6.45, 7) is 1.38. The van der Waals surface area contributed by atoms with Crippen LogP contribution in [0.5, 0.6) is 5.75 Å². The molecule has 2 rings (SSSR count). The molecule has 1 heterocycles. The van der Waals surface area contributed by atoms with Crippen LogP contribution in [-0.4, -0.2) is 10.6 Å². The second-order valence-corrected chi connectivity index (χ2v) is 3.32. The van der Waals surface area contributed by atoms with Gasteiger partial charge in [0.05, 0.1) is 5.69 Å². The molecule has 0 atom stereocenters. The van der Waals surface area contributed by atoms with Crippen molar-refractivity contribution >= 4 is 11.7 Å². The molecule has 0 unspecified atom stereocenters. The van der Waals surface area contributed by atoms with Gasteiger partial charge < -0.3 is 4.74 Å². The zero-order chi connectivity index (χ0) is 11.4. The number of rotatable bonds is 3. The van der Waals surface area contributed by atoms with Gasteiger partial charge in [-0.1, -0.05) is 0 Å². The molecule has 0 saturated carbocycles. The number of benzene rings is 1. The first-order valence-corrected chi connectivity index (χ1v) is 4.92. The second-order valence-electron chi connectivity index (χ2n) is 3.32. The van der Waals surface area contributed by atoms with Gasteiger partial charge in [0.15, 0.2) is 0 Å². The molecule has 0 aliphatic carbocycles. The Morgan fingerprint density at radius 1 is 1.19 bits per heavy atom. The fourth-order valence-electron chi connectivity index (χ4n) is 1.32. The van der Waals surface area contributed by atoms with Crippen LogP contribution in [0.1, 0.15) is 6.92 Å². The van der Waals surface area contributed by atoms with Crippen LogP contribution in [0.3, 0.4) is 0 Å². The molecule has 0 radical (unpaired) electrons. The average Bonchev–Trinajstić information content (AvgIpc) is 2.73. The van der Waals surface area contributed by atoms with Gasteiger partial charge in [-0.05, 0) is 36.4 Å². The molecule has 0 fully saturated rings. The van der Waals surface area contributed by atoms with Crippen LogP contribution in [0.2, 0.25) is 0 Å². The predicted octanol–water partition coefficient (Wildman–Crippen LogP) is 2.29. The fourth-order valence-corrected chi connectivity index (χ4v) is 1.32. The maximum absolute atomic E-state index is 10.7. The highest BCUT2D eigenvalue weighted by Crippen LogP contribution is 2.15. The molecule has 2 aromatic rings. The van der Waals surface area contributed by atoms with Crippen LogP contribution in [0.4, 0.5) is 5.69 Å². The Kier molecular flexibility index (Phi) is 2.91. The molecule has 1 aromatic heterocycles.